The first-order valence-corrected chi connectivity index (χ1v) is 12.4. The van der Waals surface area contributed by atoms with Crippen LogP contribution in [0, 0.1) is 29.5 Å². The van der Waals surface area contributed by atoms with E-state index in [2.05, 4.69) is 15.6 Å². The molecule has 0 saturated carbocycles. The van der Waals surface area contributed by atoms with Crippen LogP contribution >= 0.6 is 10.6 Å². The normalized spacial score (nSPS) is 27.1. The number of nitriles is 1. The number of aryl methyl sites for hydroxylation is 1. The number of halogens is 1. The van der Waals surface area contributed by atoms with Gasteiger partial charge >= 0.3 is 0 Å². The predicted octanol–water partition coefficient (Wildman–Crippen LogP) is 3.27. The van der Waals surface area contributed by atoms with Gasteiger partial charge in [0.15, 0.2) is 0 Å². The number of hydrogen-bond donors (Lipinski definition) is 5. The summed E-state index contributed by atoms with van der Waals surface area (Å²) in [5, 5.41) is 23.4. The number of nitrogens with one attached hydrogen (secondary N) is 3. The Balaban J connectivity index is 1.63. The molecule has 2 aromatic rings. The van der Waals surface area contributed by atoms with Crippen LogP contribution < -0.4 is 10.6 Å². The van der Waals surface area contributed by atoms with Gasteiger partial charge in [-0.05, 0) is 57.1 Å². The molecule has 0 radical (unpaired) electrons. The van der Waals surface area contributed by atoms with E-state index in [-0.39, 0.29) is 22.8 Å². The third kappa shape index (κ3) is 3.92. The van der Waals surface area contributed by atoms with Gasteiger partial charge in [0.1, 0.15) is 28.2 Å². The van der Waals surface area contributed by atoms with Crippen molar-refractivity contribution < 1.29 is 18.3 Å². The summed E-state index contributed by atoms with van der Waals surface area (Å²) in [4.78, 5) is 18.8. The third-order valence-electron chi connectivity index (χ3n) is 6.64. The molecule has 11 heteroatoms. The lowest BCUT2D eigenvalue weighted by molar-refractivity contribution is 0.102. The van der Waals surface area contributed by atoms with Crippen molar-refractivity contribution in [3.05, 3.63) is 58.7 Å². The number of anilines is 1. The number of pyridine rings is 1. The Morgan fingerprint density at radius 3 is 2.74 bits per heavy atom. The Hall–Kier alpha value is -3.04. The molecule has 1 aromatic heterocycles. The number of amidine groups is 1. The average molecular weight is 487 g/mol. The van der Waals surface area contributed by atoms with Crippen molar-refractivity contribution >= 4 is 28.0 Å². The smallest absolute Gasteiger partial charge is 0.274 e. The maximum absolute atomic E-state index is 15.0. The highest BCUT2D eigenvalue weighted by atomic mass is 32.3. The fourth-order valence-corrected chi connectivity index (χ4v) is 7.33. The van der Waals surface area contributed by atoms with E-state index in [9.17, 15) is 18.3 Å². The van der Waals surface area contributed by atoms with Crippen LogP contribution in [-0.4, -0.2) is 61.4 Å². The Bertz CT molecular complexity index is 1230. The van der Waals surface area contributed by atoms with Crippen LogP contribution in [0.1, 0.15) is 40.5 Å². The largest absolute Gasteiger partial charge is 0.361 e. The van der Waals surface area contributed by atoms with Crippen LogP contribution in [0.15, 0.2) is 30.5 Å². The van der Waals surface area contributed by atoms with Crippen LogP contribution in [0.5, 0.6) is 0 Å². The lowest BCUT2D eigenvalue weighted by Crippen LogP contribution is -2.64. The molecule has 1 amide bonds. The quantitative estimate of drug-likeness (QED) is 0.448. The Morgan fingerprint density at radius 1 is 1.41 bits per heavy atom. The van der Waals surface area contributed by atoms with E-state index in [1.807, 2.05) is 18.0 Å². The van der Waals surface area contributed by atoms with Gasteiger partial charge in [0.2, 0.25) is 0 Å². The van der Waals surface area contributed by atoms with E-state index in [1.165, 1.54) is 24.4 Å². The molecule has 180 valence electrons. The number of nitrogens with zero attached hydrogens (tertiary/aromatic N) is 3. The number of carbonyl (C=O) groups is 1. The summed E-state index contributed by atoms with van der Waals surface area (Å²) in [5.74, 6) is -1.30. The number of benzene rings is 1. The van der Waals surface area contributed by atoms with Crippen LogP contribution in [0.25, 0.3) is 0 Å². The highest BCUT2D eigenvalue weighted by Gasteiger charge is 2.58. The highest BCUT2D eigenvalue weighted by Crippen LogP contribution is 2.61. The number of amides is 1. The third-order valence-corrected chi connectivity index (χ3v) is 9.40. The molecule has 4 rings (SSSR count). The lowest BCUT2D eigenvalue weighted by atomic mass is 9.90. The van der Waals surface area contributed by atoms with Gasteiger partial charge in [-0.1, -0.05) is 0 Å². The zero-order chi connectivity index (χ0) is 24.9. The maximum atomic E-state index is 15.0. The minimum atomic E-state index is -3.29. The van der Waals surface area contributed by atoms with Gasteiger partial charge < -0.3 is 15.5 Å². The van der Waals surface area contributed by atoms with Gasteiger partial charge in [0.25, 0.3) is 5.91 Å². The topological polar surface area (TPSA) is 145 Å². The SMILES string of the molecule is Cc1cc(C#N)cnc1C(=O)Nc1ccc(F)c([C@]2(C)CS(O)(O)C3(CCN(C)C3)C(=N)N2)c1. The molecule has 5 N–H and O–H groups in total. The van der Waals surface area contributed by atoms with Crippen LogP contribution in [0.3, 0.4) is 0 Å². The molecule has 3 heterocycles. The minimum Gasteiger partial charge on any atom is -0.361 e. The summed E-state index contributed by atoms with van der Waals surface area (Å²) in [6, 6.07) is 7.55. The number of likely N-dealkylation sites (tertiary alicyclic amines) is 1. The molecule has 2 aliphatic rings. The highest BCUT2D eigenvalue weighted by molar-refractivity contribution is 8.26. The molecule has 2 saturated heterocycles. The van der Waals surface area contributed by atoms with Gasteiger partial charge in [0, 0.05) is 30.5 Å². The van der Waals surface area contributed by atoms with E-state index < -0.39 is 32.6 Å². The van der Waals surface area contributed by atoms with Crippen LogP contribution in [-0.2, 0) is 5.54 Å². The Kier molecular flexibility index (Phi) is 5.90. The maximum Gasteiger partial charge on any atom is 0.274 e. The molecular weight excluding hydrogens is 459 g/mol. The minimum absolute atomic E-state index is 0.0168. The average Bonchev–Trinajstić information content (AvgIpc) is 3.17. The first-order chi connectivity index (χ1) is 15.9. The number of hydrogen-bond acceptors (Lipinski definition) is 7. The summed E-state index contributed by atoms with van der Waals surface area (Å²) >= 11 is 0. The lowest BCUT2D eigenvalue weighted by Gasteiger charge is -2.57. The summed E-state index contributed by atoms with van der Waals surface area (Å²) in [6.45, 7) is 4.26. The molecule has 2 fully saturated rings. The summed E-state index contributed by atoms with van der Waals surface area (Å²) in [7, 11) is -1.42. The van der Waals surface area contributed by atoms with Crippen molar-refractivity contribution in [2.45, 2.75) is 30.6 Å². The molecule has 9 nitrogen and oxygen atoms in total. The van der Waals surface area contributed by atoms with Crippen LogP contribution in [0.4, 0.5) is 10.1 Å². The van der Waals surface area contributed by atoms with E-state index in [1.54, 1.807) is 19.9 Å². The molecule has 2 atom stereocenters. The number of carbonyl (C=O) groups excluding carboxylic acids is 1. The second-order valence-electron chi connectivity index (χ2n) is 9.28. The van der Waals surface area contributed by atoms with Crippen molar-refractivity contribution in [2.75, 3.05) is 31.2 Å². The fourth-order valence-electron chi connectivity index (χ4n) is 4.80. The monoisotopic (exact) mass is 486 g/mol. The van der Waals surface area contributed by atoms with E-state index in [0.717, 1.165) is 0 Å². The van der Waals surface area contributed by atoms with Crippen molar-refractivity contribution in [1.82, 2.24) is 15.2 Å². The molecule has 1 aromatic carbocycles. The van der Waals surface area contributed by atoms with E-state index in [4.69, 9.17) is 10.7 Å². The summed E-state index contributed by atoms with van der Waals surface area (Å²) in [6.07, 6.45) is 1.74. The molecule has 0 bridgehead atoms. The summed E-state index contributed by atoms with van der Waals surface area (Å²) in [5.41, 5.74) is 0.126. The Morgan fingerprint density at radius 2 is 2.15 bits per heavy atom. The molecule has 0 aliphatic carbocycles. The number of rotatable bonds is 3. The fraction of sp³-hybridized carbons (Fsp3) is 0.391. The second kappa shape index (κ2) is 8.32. The predicted molar refractivity (Wildman–Crippen MR) is 129 cm³/mol. The van der Waals surface area contributed by atoms with Gasteiger partial charge in [-0.15, -0.1) is 0 Å². The zero-order valence-electron chi connectivity index (χ0n) is 19.1. The number of aromatic nitrogens is 1. The van der Waals surface area contributed by atoms with Crippen molar-refractivity contribution in [1.29, 1.82) is 10.7 Å². The zero-order valence-corrected chi connectivity index (χ0v) is 20.0. The molecule has 34 heavy (non-hydrogen) atoms. The van der Waals surface area contributed by atoms with Crippen LogP contribution in [0.2, 0.25) is 0 Å². The van der Waals surface area contributed by atoms with Gasteiger partial charge in [0.05, 0.1) is 16.9 Å². The molecular formula is C23H27FN6O3S. The Labute approximate surface area is 198 Å². The molecule has 1 spiro atoms. The first kappa shape index (κ1) is 24.1. The van der Waals surface area contributed by atoms with Crippen molar-refractivity contribution in [3.63, 3.8) is 0 Å². The summed E-state index contributed by atoms with van der Waals surface area (Å²) < 4.78 is 36.2. The van der Waals surface area contributed by atoms with Gasteiger partial charge in [-0.3, -0.25) is 19.3 Å². The van der Waals surface area contributed by atoms with E-state index in [0.29, 0.717) is 36.3 Å². The van der Waals surface area contributed by atoms with Gasteiger partial charge in [-0.2, -0.15) is 15.9 Å². The van der Waals surface area contributed by atoms with Gasteiger partial charge in [-0.25, -0.2) is 9.37 Å². The van der Waals surface area contributed by atoms with Crippen molar-refractivity contribution in [2.24, 2.45) is 0 Å². The van der Waals surface area contributed by atoms with Crippen molar-refractivity contribution in [3.8, 4) is 6.07 Å². The molecule has 1 unspecified atom stereocenters. The standard InChI is InChI=1S/C23H27FN6O3S/c1-14-8-15(10-25)11-27-19(14)20(31)28-16-4-5-18(24)17(9-16)22(2)13-34(32,33)23(21(26)29-22)6-7-30(3)12-23/h4-5,8-9,11,32-33H,6-7,12-13H2,1-3H3,(H2,26,29)(H,28,31)/t22-,23?/m0/s1. The first-order valence-electron chi connectivity index (χ1n) is 10.7. The molecule has 2 aliphatic heterocycles. The van der Waals surface area contributed by atoms with E-state index >= 15 is 0 Å². The second-order valence-corrected chi connectivity index (χ2v) is 11.7.